The Morgan fingerprint density at radius 1 is 0.612 bits per heavy atom. The van der Waals surface area contributed by atoms with Crippen molar-refractivity contribution in [3.8, 4) is 0 Å². The van der Waals surface area contributed by atoms with Crippen molar-refractivity contribution in [1.29, 1.82) is 0 Å². The third kappa shape index (κ3) is 11.8. The highest BCUT2D eigenvalue weighted by molar-refractivity contribution is 5.89. The molecule has 2 atom stereocenters. The Hall–Kier alpha value is -7.10. The second-order valence-corrected chi connectivity index (χ2v) is 16.5. The van der Waals surface area contributed by atoms with E-state index in [9.17, 15) is 35.9 Å². The van der Waals surface area contributed by atoms with E-state index in [-0.39, 0.29) is 23.6 Å². The van der Waals surface area contributed by atoms with Gasteiger partial charge in [0.15, 0.2) is 0 Å². The molecule has 2 aliphatic heterocycles. The molecule has 350 valence electrons. The number of hydrogen-bond donors (Lipinski definition) is 3. The Kier molecular flexibility index (Phi) is 14.7. The number of aromatic nitrogens is 2. The quantitative estimate of drug-likeness (QED) is 0.0808. The second kappa shape index (κ2) is 20.6. The normalized spacial score (nSPS) is 14.4. The summed E-state index contributed by atoms with van der Waals surface area (Å²) in [7, 11) is 1.35. The SMILES string of the molecule is COC(=O)c1ccc([C@H](C)Nc2nccc3c2N(Cc2ccc(C(F)(F)F)cc2)CCC3)cc1.C[C@H](Nc1nccc2c1N(Cc1ccc(C(F)(F)F)cc1)CCC2)c1ccc(C(=O)O)cc1. The lowest BCUT2D eigenvalue weighted by Gasteiger charge is -2.33. The molecule has 0 fully saturated rings. The summed E-state index contributed by atoms with van der Waals surface area (Å²) in [5.41, 5.74) is 7.14. The van der Waals surface area contributed by atoms with Crippen molar-refractivity contribution in [1.82, 2.24) is 9.97 Å². The fraction of sp³-hybridized carbons (Fsp3) is 0.294. The van der Waals surface area contributed by atoms with E-state index in [1.807, 2.05) is 38.1 Å². The summed E-state index contributed by atoms with van der Waals surface area (Å²) in [5.74, 6) is 0.0762. The van der Waals surface area contributed by atoms with E-state index in [2.05, 4.69) is 30.4 Å². The predicted octanol–water partition coefficient (Wildman–Crippen LogP) is 11.9. The van der Waals surface area contributed by atoms with Gasteiger partial charge in [0.1, 0.15) is 11.6 Å². The fourth-order valence-corrected chi connectivity index (χ4v) is 8.32. The van der Waals surface area contributed by atoms with E-state index < -0.39 is 29.4 Å². The first-order valence-corrected chi connectivity index (χ1v) is 21.8. The van der Waals surface area contributed by atoms with Gasteiger partial charge in [-0.2, -0.15) is 26.3 Å². The van der Waals surface area contributed by atoms with Crippen molar-refractivity contribution < 1.29 is 45.8 Å². The smallest absolute Gasteiger partial charge is 0.416 e. The number of nitrogens with one attached hydrogen (secondary N) is 2. The number of anilines is 4. The summed E-state index contributed by atoms with van der Waals surface area (Å²) in [5, 5.41) is 16.0. The molecule has 67 heavy (non-hydrogen) atoms. The lowest BCUT2D eigenvalue weighted by atomic mass is 10.0. The number of fused-ring (bicyclic) bond motifs is 2. The molecule has 3 N–H and O–H groups in total. The maximum absolute atomic E-state index is 12.9. The number of carbonyl (C=O) groups is 2. The molecule has 8 rings (SSSR count). The standard InChI is InChI=1S/C26H26F3N3O2.C25H24F3N3O2/c1-17(19-7-9-21(10-8-19)25(33)34-2)31-24-23-20(13-14-30-24)4-3-15-32(23)16-18-5-11-22(12-6-18)26(27,28)29;1-16(18-6-8-20(9-7-18)24(32)33)30-23-22-19(12-13-29-23)3-2-14-31(22)15-17-4-10-21(11-5-17)25(26,27)28/h5-14,17H,3-4,15-16H2,1-2H3,(H,30,31);4-13,16H,2-3,14-15H2,1H3,(H,29,30)(H,32,33)/t17-;16-/m00/s1. The molecule has 0 radical (unpaired) electrons. The number of carboxylic acid groups (broad SMARTS) is 1. The molecular formula is C51H50F6N6O4. The van der Waals surface area contributed by atoms with Gasteiger partial charge in [-0.25, -0.2) is 19.6 Å². The maximum atomic E-state index is 12.9. The Bertz CT molecular complexity index is 2640. The number of pyridine rings is 2. The molecule has 4 heterocycles. The van der Waals surface area contributed by atoms with Gasteiger partial charge in [0, 0.05) is 38.6 Å². The van der Waals surface area contributed by atoms with Crippen molar-refractivity contribution in [2.45, 2.75) is 77.1 Å². The van der Waals surface area contributed by atoms with Gasteiger partial charge in [0.05, 0.1) is 52.8 Å². The first kappa shape index (κ1) is 47.9. The van der Waals surface area contributed by atoms with Crippen LogP contribution in [0, 0.1) is 0 Å². The van der Waals surface area contributed by atoms with Crippen LogP contribution in [-0.2, 0) is 43.0 Å². The molecule has 0 aliphatic carbocycles. The van der Waals surface area contributed by atoms with Crippen molar-refractivity contribution in [3.05, 3.63) is 177 Å². The van der Waals surface area contributed by atoms with Crippen LogP contribution in [0.2, 0.25) is 0 Å². The van der Waals surface area contributed by atoms with E-state index in [0.29, 0.717) is 24.5 Å². The molecule has 10 nitrogen and oxygen atoms in total. The highest BCUT2D eigenvalue weighted by Gasteiger charge is 2.32. The third-order valence-corrected chi connectivity index (χ3v) is 11.9. The van der Waals surface area contributed by atoms with Gasteiger partial charge >= 0.3 is 24.3 Å². The number of rotatable bonds is 12. The molecule has 6 aromatic rings. The van der Waals surface area contributed by atoms with Crippen molar-refractivity contribution >= 4 is 34.9 Å². The number of halogens is 6. The number of nitrogens with zero attached hydrogens (tertiary/aromatic N) is 4. The topological polar surface area (TPSA) is 120 Å². The van der Waals surface area contributed by atoms with E-state index in [1.54, 1.807) is 48.8 Å². The Morgan fingerprint density at radius 3 is 1.36 bits per heavy atom. The Morgan fingerprint density at radius 2 is 1.00 bits per heavy atom. The number of aryl methyl sites for hydroxylation is 2. The molecule has 0 spiro atoms. The molecule has 0 saturated heterocycles. The van der Waals surface area contributed by atoms with E-state index >= 15 is 0 Å². The number of ether oxygens (including phenoxy) is 1. The van der Waals surface area contributed by atoms with Gasteiger partial charge in [-0.05, 0) is 134 Å². The van der Waals surface area contributed by atoms with E-state index in [0.717, 1.165) is 114 Å². The Labute approximate surface area is 384 Å². The minimum absolute atomic E-state index is 0.0828. The lowest BCUT2D eigenvalue weighted by molar-refractivity contribution is -0.138. The Balaban J connectivity index is 0.000000199. The van der Waals surface area contributed by atoms with Crippen molar-refractivity contribution in [2.75, 3.05) is 40.6 Å². The van der Waals surface area contributed by atoms with E-state index in [1.165, 1.54) is 31.4 Å². The first-order valence-electron chi connectivity index (χ1n) is 21.8. The number of aromatic carboxylic acids is 1. The van der Waals surface area contributed by atoms with Crippen LogP contribution in [0.4, 0.5) is 49.4 Å². The molecule has 2 aromatic heterocycles. The van der Waals surface area contributed by atoms with E-state index in [4.69, 9.17) is 9.84 Å². The molecule has 4 aromatic carbocycles. The van der Waals surface area contributed by atoms with Gasteiger partial charge in [-0.1, -0.05) is 48.5 Å². The number of hydrogen-bond acceptors (Lipinski definition) is 9. The average molecular weight is 925 g/mol. The van der Waals surface area contributed by atoms with Gasteiger partial charge < -0.3 is 30.3 Å². The zero-order valence-electron chi connectivity index (χ0n) is 37.1. The summed E-state index contributed by atoms with van der Waals surface area (Å²) in [6.45, 7) is 6.52. The van der Waals surface area contributed by atoms with Crippen LogP contribution in [0.1, 0.15) is 104 Å². The largest absolute Gasteiger partial charge is 0.478 e. The number of benzene rings is 4. The van der Waals surface area contributed by atoms with Crippen LogP contribution in [0.15, 0.2) is 122 Å². The van der Waals surface area contributed by atoms with Crippen LogP contribution in [0.25, 0.3) is 0 Å². The molecule has 0 bridgehead atoms. The molecular weight excluding hydrogens is 875 g/mol. The van der Waals surface area contributed by atoms with Gasteiger partial charge in [0.25, 0.3) is 0 Å². The van der Waals surface area contributed by atoms with Crippen LogP contribution < -0.4 is 20.4 Å². The predicted molar refractivity (Wildman–Crippen MR) is 245 cm³/mol. The minimum Gasteiger partial charge on any atom is -0.478 e. The minimum atomic E-state index is -4.35. The summed E-state index contributed by atoms with van der Waals surface area (Å²) >= 11 is 0. The van der Waals surface area contributed by atoms with Gasteiger partial charge in [-0.3, -0.25) is 0 Å². The fourth-order valence-electron chi connectivity index (χ4n) is 8.32. The summed E-state index contributed by atoms with van der Waals surface area (Å²) in [6.07, 6.45) is -1.45. The summed E-state index contributed by atoms with van der Waals surface area (Å²) < 4.78 is 82.2. The highest BCUT2D eigenvalue weighted by Crippen LogP contribution is 2.38. The number of alkyl halides is 6. The summed E-state index contributed by atoms with van der Waals surface area (Å²) in [6, 6.07) is 28.3. The summed E-state index contributed by atoms with van der Waals surface area (Å²) in [4.78, 5) is 36.2. The zero-order chi connectivity index (χ0) is 47.9. The third-order valence-electron chi connectivity index (χ3n) is 11.9. The monoisotopic (exact) mass is 924 g/mol. The molecule has 2 aliphatic rings. The van der Waals surface area contributed by atoms with Crippen LogP contribution in [0.3, 0.4) is 0 Å². The van der Waals surface area contributed by atoms with Crippen LogP contribution in [0.5, 0.6) is 0 Å². The second-order valence-electron chi connectivity index (χ2n) is 16.5. The average Bonchev–Trinajstić information content (AvgIpc) is 3.31. The number of carboxylic acids is 1. The first-order chi connectivity index (χ1) is 32.0. The van der Waals surface area contributed by atoms with Gasteiger partial charge in [-0.15, -0.1) is 0 Å². The zero-order valence-corrected chi connectivity index (χ0v) is 37.1. The highest BCUT2D eigenvalue weighted by atomic mass is 19.4. The number of methoxy groups -OCH3 is 1. The molecule has 0 amide bonds. The molecule has 0 saturated carbocycles. The number of esters is 1. The molecule has 16 heteroatoms. The van der Waals surface area contributed by atoms with Crippen LogP contribution in [-0.4, -0.2) is 47.2 Å². The van der Waals surface area contributed by atoms with Crippen LogP contribution >= 0.6 is 0 Å². The maximum Gasteiger partial charge on any atom is 0.416 e. The van der Waals surface area contributed by atoms with Crippen molar-refractivity contribution in [2.24, 2.45) is 0 Å². The van der Waals surface area contributed by atoms with Gasteiger partial charge in [0.2, 0.25) is 0 Å². The van der Waals surface area contributed by atoms with Crippen molar-refractivity contribution in [3.63, 3.8) is 0 Å². The lowest BCUT2D eigenvalue weighted by Crippen LogP contribution is -2.30. The number of carbonyl (C=O) groups excluding carboxylic acids is 1. The molecule has 0 unspecified atom stereocenters.